The Morgan fingerprint density at radius 2 is 1.85 bits per heavy atom. The largest absolute Gasteiger partial charge is 0.872 e. The third-order valence-electron chi connectivity index (χ3n) is 5.85. The van der Waals surface area contributed by atoms with Gasteiger partial charge in [-0.25, -0.2) is 9.18 Å². The van der Waals surface area contributed by atoms with Crippen molar-refractivity contribution in [2.45, 2.75) is 26.3 Å². The van der Waals surface area contributed by atoms with Gasteiger partial charge in [0.05, 0.1) is 33.8 Å². The number of aromatic amines is 1. The number of Topliss-reactive ketones (excluding diaryl/α,β-unsaturated/α-hetero) is 1. The Hall–Kier alpha value is -3.46. The monoisotopic (exact) mass is 457 g/mol. The minimum absolute atomic E-state index is 0.111. The molecule has 33 heavy (non-hydrogen) atoms. The number of amides is 1. The molecule has 3 rings (SSSR count). The summed E-state index contributed by atoms with van der Waals surface area (Å²) in [5.41, 5.74) is 1.25. The molecular formula is C24H28FN3O5. The smallest absolute Gasteiger partial charge is 0.354 e. The number of ether oxygens (including phenoxy) is 1. The van der Waals surface area contributed by atoms with Crippen molar-refractivity contribution in [3.63, 3.8) is 0 Å². The average Bonchev–Trinajstić information content (AvgIpc) is 3.20. The molecule has 9 heteroatoms. The predicted octanol–water partition coefficient (Wildman–Crippen LogP) is 0.316. The van der Waals surface area contributed by atoms with Gasteiger partial charge in [0.1, 0.15) is 11.5 Å². The van der Waals surface area contributed by atoms with Crippen LogP contribution in [0.3, 0.4) is 0 Å². The second-order valence-corrected chi connectivity index (χ2v) is 8.45. The van der Waals surface area contributed by atoms with Crippen LogP contribution in [0.2, 0.25) is 0 Å². The van der Waals surface area contributed by atoms with Gasteiger partial charge in [0.2, 0.25) is 5.78 Å². The quantitative estimate of drug-likeness (QED) is 0.270. The van der Waals surface area contributed by atoms with Gasteiger partial charge in [-0.1, -0.05) is 17.9 Å². The number of esters is 1. The number of ketones is 1. The lowest BCUT2D eigenvalue weighted by Crippen LogP contribution is -3.05. The first-order chi connectivity index (χ1) is 15.6. The first kappa shape index (κ1) is 24.2. The molecule has 0 aliphatic carbocycles. The molecule has 2 N–H and O–H groups in total. The van der Waals surface area contributed by atoms with E-state index < -0.39 is 35.3 Å². The normalized spacial score (nSPS) is 17.8. The van der Waals surface area contributed by atoms with Crippen molar-refractivity contribution >= 4 is 23.4 Å². The molecular weight excluding hydrogens is 429 g/mol. The summed E-state index contributed by atoms with van der Waals surface area (Å²) in [5, 5.41) is 13.7. The Bertz CT molecular complexity index is 1120. The number of carbonyl (C=O) groups is 3. The van der Waals surface area contributed by atoms with Gasteiger partial charge in [-0.15, -0.1) is 0 Å². The second kappa shape index (κ2) is 9.58. The number of quaternary nitrogens is 1. The van der Waals surface area contributed by atoms with Crippen molar-refractivity contribution in [1.82, 2.24) is 9.88 Å². The third kappa shape index (κ3) is 4.54. The molecule has 2 heterocycles. The first-order valence-electron chi connectivity index (χ1n) is 10.7. The standard InChI is InChI=1S/C24H28FN3O5/c1-13-17(14(2)26-19(13)24(32)33-5)21(29)18-20(15-7-9-16(25)10-8-15)28(23(31)22(18)30)12-6-11-27(3)4/h7-10,20,26,29H,6,11-12H2,1-5H3. The van der Waals surface area contributed by atoms with E-state index in [4.69, 9.17) is 4.74 Å². The highest BCUT2D eigenvalue weighted by Gasteiger charge is 2.44. The number of H-pyrrole nitrogens is 1. The number of nitrogens with zero attached hydrogens (tertiary/aromatic N) is 1. The van der Waals surface area contributed by atoms with Crippen LogP contribution in [-0.2, 0) is 14.3 Å². The fourth-order valence-electron chi connectivity index (χ4n) is 4.23. The number of nitrogens with one attached hydrogen (secondary N) is 2. The van der Waals surface area contributed by atoms with Crippen LogP contribution in [-0.4, -0.2) is 61.8 Å². The Labute approximate surface area is 191 Å². The molecule has 0 bridgehead atoms. The van der Waals surface area contributed by atoms with Crippen molar-refractivity contribution in [2.75, 3.05) is 34.3 Å². The topological polar surface area (TPSA) is 107 Å². The summed E-state index contributed by atoms with van der Waals surface area (Å²) in [4.78, 5) is 43.5. The average molecular weight is 458 g/mol. The molecule has 1 aromatic heterocycles. The molecule has 1 fully saturated rings. The highest BCUT2D eigenvalue weighted by atomic mass is 19.1. The zero-order valence-corrected chi connectivity index (χ0v) is 19.4. The Balaban J connectivity index is 2.17. The van der Waals surface area contributed by atoms with Gasteiger partial charge in [-0.05, 0) is 42.7 Å². The third-order valence-corrected chi connectivity index (χ3v) is 5.85. The van der Waals surface area contributed by atoms with Crippen LogP contribution in [0.4, 0.5) is 4.39 Å². The lowest BCUT2D eigenvalue weighted by molar-refractivity contribution is -0.858. The molecule has 0 saturated carbocycles. The fraction of sp³-hybridized carbons (Fsp3) is 0.375. The van der Waals surface area contributed by atoms with Gasteiger partial charge in [0, 0.05) is 24.2 Å². The molecule has 1 saturated heterocycles. The Morgan fingerprint density at radius 3 is 2.42 bits per heavy atom. The molecule has 2 aromatic rings. The second-order valence-electron chi connectivity index (χ2n) is 8.45. The number of hydrogen-bond donors (Lipinski definition) is 2. The van der Waals surface area contributed by atoms with Gasteiger partial charge in [0.25, 0.3) is 5.91 Å². The lowest BCUT2D eigenvalue weighted by Gasteiger charge is -2.28. The highest BCUT2D eigenvalue weighted by molar-refractivity contribution is 6.46. The van der Waals surface area contributed by atoms with Crippen molar-refractivity contribution in [3.05, 3.63) is 63.7 Å². The Kier molecular flexibility index (Phi) is 7.02. The minimum Gasteiger partial charge on any atom is -0.872 e. The van der Waals surface area contributed by atoms with E-state index in [-0.39, 0.29) is 23.4 Å². The molecule has 1 atom stereocenters. The van der Waals surface area contributed by atoms with Gasteiger partial charge < -0.3 is 24.6 Å². The van der Waals surface area contributed by atoms with Crippen LogP contribution < -0.4 is 10.0 Å². The van der Waals surface area contributed by atoms with Crippen LogP contribution >= 0.6 is 0 Å². The fourth-order valence-corrected chi connectivity index (χ4v) is 4.23. The number of rotatable bonds is 7. The zero-order chi connectivity index (χ0) is 24.4. The molecule has 8 nitrogen and oxygen atoms in total. The maximum atomic E-state index is 13.7. The Morgan fingerprint density at radius 1 is 1.21 bits per heavy atom. The van der Waals surface area contributed by atoms with Crippen molar-refractivity contribution in [1.29, 1.82) is 0 Å². The summed E-state index contributed by atoms with van der Waals surface area (Å²) >= 11 is 0. The lowest BCUT2D eigenvalue weighted by atomic mass is 9.94. The van der Waals surface area contributed by atoms with Crippen LogP contribution in [0.15, 0.2) is 29.8 Å². The summed E-state index contributed by atoms with van der Waals surface area (Å²) in [6, 6.07) is 4.47. The van der Waals surface area contributed by atoms with E-state index in [9.17, 15) is 23.9 Å². The van der Waals surface area contributed by atoms with Crippen molar-refractivity contribution in [2.24, 2.45) is 0 Å². The molecule has 1 aliphatic rings. The van der Waals surface area contributed by atoms with E-state index in [1.165, 1.54) is 41.2 Å². The van der Waals surface area contributed by atoms with E-state index in [2.05, 4.69) is 4.98 Å². The van der Waals surface area contributed by atoms with E-state index >= 15 is 0 Å². The maximum Gasteiger partial charge on any atom is 0.354 e. The number of likely N-dealkylation sites (tertiary alicyclic amines) is 1. The molecule has 1 amide bonds. The number of aromatic nitrogens is 1. The molecule has 1 aliphatic heterocycles. The van der Waals surface area contributed by atoms with Crippen molar-refractivity contribution < 1.29 is 33.5 Å². The number of benzene rings is 1. The number of carbonyl (C=O) groups excluding carboxylic acids is 3. The van der Waals surface area contributed by atoms with E-state index in [0.29, 0.717) is 23.2 Å². The van der Waals surface area contributed by atoms with Gasteiger partial charge in [0.15, 0.2) is 0 Å². The SMILES string of the molecule is COC(=O)c1[nH]c(C)c(C([O-])=C2C(=O)C(=O)N(CCC[NH+](C)C)C2c2ccc(F)cc2)c1C. The summed E-state index contributed by atoms with van der Waals surface area (Å²) in [5.74, 6) is -3.39. The predicted molar refractivity (Wildman–Crippen MR) is 117 cm³/mol. The van der Waals surface area contributed by atoms with E-state index in [1.807, 2.05) is 14.1 Å². The van der Waals surface area contributed by atoms with Gasteiger partial charge in [-0.3, -0.25) is 9.59 Å². The van der Waals surface area contributed by atoms with Crippen LogP contribution in [0.1, 0.15) is 45.3 Å². The summed E-state index contributed by atoms with van der Waals surface area (Å²) in [6.45, 7) is 4.22. The maximum absolute atomic E-state index is 13.7. The van der Waals surface area contributed by atoms with Crippen LogP contribution in [0.25, 0.3) is 5.76 Å². The molecule has 1 aromatic carbocycles. The molecule has 176 valence electrons. The number of aryl methyl sites for hydroxylation is 1. The highest BCUT2D eigenvalue weighted by Crippen LogP contribution is 2.40. The van der Waals surface area contributed by atoms with Crippen molar-refractivity contribution in [3.8, 4) is 0 Å². The number of halogens is 1. The first-order valence-corrected chi connectivity index (χ1v) is 10.7. The molecule has 0 radical (unpaired) electrons. The minimum atomic E-state index is -0.939. The molecule has 1 unspecified atom stereocenters. The van der Waals surface area contributed by atoms with Crippen LogP contribution in [0, 0.1) is 19.7 Å². The van der Waals surface area contributed by atoms with Crippen LogP contribution in [0.5, 0.6) is 0 Å². The number of methoxy groups -OCH3 is 1. The summed E-state index contributed by atoms with van der Waals surface area (Å²) in [6.07, 6.45) is 0.620. The van der Waals surface area contributed by atoms with Gasteiger partial charge in [-0.2, -0.15) is 0 Å². The van der Waals surface area contributed by atoms with Gasteiger partial charge >= 0.3 is 5.97 Å². The van der Waals surface area contributed by atoms with E-state index in [0.717, 1.165) is 6.54 Å². The van der Waals surface area contributed by atoms with E-state index in [1.54, 1.807) is 13.8 Å². The summed E-state index contributed by atoms with van der Waals surface area (Å²) in [7, 11) is 5.18. The zero-order valence-electron chi connectivity index (χ0n) is 19.4. The summed E-state index contributed by atoms with van der Waals surface area (Å²) < 4.78 is 18.3. The molecule has 0 spiro atoms. The number of hydrogen-bond acceptors (Lipinski definition) is 5.